The molecule has 0 radical (unpaired) electrons. The molecule has 4 aliphatic carbocycles. The van der Waals surface area contributed by atoms with Crippen LogP contribution in [0.3, 0.4) is 0 Å². The third kappa shape index (κ3) is 3.49. The van der Waals surface area contributed by atoms with Crippen LogP contribution in [0.1, 0.15) is 113 Å². The van der Waals surface area contributed by atoms with Gasteiger partial charge in [-0.1, -0.05) is 67.5 Å². The Labute approximate surface area is 209 Å². The molecule has 194 valence electrons. The van der Waals surface area contributed by atoms with Crippen molar-refractivity contribution in [2.24, 2.45) is 56.7 Å². The Hall–Kier alpha value is -0.830. The van der Waals surface area contributed by atoms with Gasteiger partial charge in [-0.25, -0.2) is 0 Å². The first-order valence-corrected chi connectivity index (χ1v) is 14.2. The van der Waals surface area contributed by atoms with Crippen LogP contribution >= 0.6 is 0 Å². The average molecular weight is 473 g/mol. The van der Waals surface area contributed by atoms with Crippen LogP contribution in [-0.4, -0.2) is 22.3 Å². The Balaban J connectivity index is 1.64. The molecule has 3 heteroatoms. The summed E-state index contributed by atoms with van der Waals surface area (Å²) in [6.45, 7) is 18.9. The average Bonchev–Trinajstić information content (AvgIpc) is 2.76. The number of hydrogen-bond acceptors (Lipinski definition) is 2. The zero-order valence-electron chi connectivity index (χ0n) is 23.3. The third-order valence-corrected chi connectivity index (χ3v) is 13.3. The van der Waals surface area contributed by atoms with E-state index in [4.69, 9.17) is 0 Å². The second-order valence-electron chi connectivity index (χ2n) is 14.6. The maximum Gasteiger partial charge on any atom is 0.309 e. The summed E-state index contributed by atoms with van der Waals surface area (Å²) in [5.74, 6) is 1.83. The van der Waals surface area contributed by atoms with E-state index in [-0.39, 0.29) is 33.7 Å². The number of carboxylic acids is 1. The summed E-state index contributed by atoms with van der Waals surface area (Å²) >= 11 is 0. The molecular formula is C31H52O3. The molecule has 10 atom stereocenters. The van der Waals surface area contributed by atoms with Crippen molar-refractivity contribution in [3.63, 3.8) is 0 Å². The minimum absolute atomic E-state index is 0.0125. The molecule has 0 bridgehead atoms. The predicted molar refractivity (Wildman–Crippen MR) is 139 cm³/mol. The van der Waals surface area contributed by atoms with E-state index in [1.54, 1.807) is 0 Å². The lowest BCUT2D eigenvalue weighted by atomic mass is 9.37. The molecule has 0 saturated heterocycles. The lowest BCUT2D eigenvalue weighted by molar-refractivity contribution is -0.194. The van der Waals surface area contributed by atoms with Crippen molar-refractivity contribution in [3.05, 3.63) is 12.2 Å². The van der Waals surface area contributed by atoms with Crippen molar-refractivity contribution >= 4 is 5.97 Å². The summed E-state index contributed by atoms with van der Waals surface area (Å²) in [6.07, 6.45) is 13.8. The van der Waals surface area contributed by atoms with Crippen LogP contribution < -0.4 is 0 Å². The van der Waals surface area contributed by atoms with Crippen LogP contribution in [0.4, 0.5) is 0 Å². The fourth-order valence-corrected chi connectivity index (χ4v) is 9.99. The number of fused-ring (bicyclic) bond motifs is 3. The highest BCUT2D eigenvalue weighted by atomic mass is 16.4. The molecule has 3 nitrogen and oxygen atoms in total. The Kier molecular flexibility index (Phi) is 6.45. The van der Waals surface area contributed by atoms with Crippen molar-refractivity contribution in [1.82, 2.24) is 0 Å². The van der Waals surface area contributed by atoms with E-state index < -0.39 is 11.4 Å². The lowest BCUT2D eigenvalue weighted by Crippen LogP contribution is -2.62. The summed E-state index contributed by atoms with van der Waals surface area (Å²) < 4.78 is 0. The van der Waals surface area contributed by atoms with Crippen LogP contribution in [0.25, 0.3) is 0 Å². The molecule has 0 amide bonds. The summed E-state index contributed by atoms with van der Waals surface area (Å²) in [7, 11) is 0. The van der Waals surface area contributed by atoms with Crippen molar-refractivity contribution in [2.45, 2.75) is 119 Å². The molecule has 0 spiro atoms. The van der Waals surface area contributed by atoms with Crippen LogP contribution in [0, 0.1) is 56.7 Å². The highest BCUT2D eigenvalue weighted by molar-refractivity contribution is 5.75. The third-order valence-electron chi connectivity index (χ3n) is 13.3. The topological polar surface area (TPSA) is 57.5 Å². The van der Waals surface area contributed by atoms with Gasteiger partial charge in [0, 0.05) is 0 Å². The monoisotopic (exact) mass is 472 g/mol. The van der Waals surface area contributed by atoms with Crippen LogP contribution in [-0.2, 0) is 4.79 Å². The zero-order valence-corrected chi connectivity index (χ0v) is 23.3. The first-order chi connectivity index (χ1) is 15.7. The SMILES string of the molecule is CC1CCC(CCC2(C)C=CCC3C4(C)CCC(O)C(C)(C)C4CCC32C)(C(=O)O)C(C)C1C. The minimum atomic E-state index is -0.593. The zero-order chi connectivity index (χ0) is 25.3. The maximum absolute atomic E-state index is 12.8. The van der Waals surface area contributed by atoms with Gasteiger partial charge in [-0.3, -0.25) is 4.79 Å². The molecule has 4 rings (SSSR count). The Morgan fingerprint density at radius 1 is 0.912 bits per heavy atom. The quantitative estimate of drug-likeness (QED) is 0.412. The summed E-state index contributed by atoms with van der Waals surface area (Å²) in [6, 6.07) is 0. The number of aliphatic carboxylic acids is 1. The molecule has 2 N–H and O–H groups in total. The number of rotatable bonds is 4. The second kappa shape index (κ2) is 8.35. The normalized spacial score (nSPS) is 52.5. The largest absolute Gasteiger partial charge is 0.481 e. The van der Waals surface area contributed by atoms with Gasteiger partial charge in [-0.05, 0) is 109 Å². The fraction of sp³-hybridized carbons (Fsp3) is 0.903. The maximum atomic E-state index is 12.8. The molecule has 34 heavy (non-hydrogen) atoms. The molecule has 0 aromatic heterocycles. The summed E-state index contributed by atoms with van der Waals surface area (Å²) in [5, 5.41) is 21.4. The van der Waals surface area contributed by atoms with Gasteiger partial charge in [0.25, 0.3) is 0 Å². The smallest absolute Gasteiger partial charge is 0.309 e. The highest BCUT2D eigenvalue weighted by Crippen LogP contribution is 2.71. The van der Waals surface area contributed by atoms with Gasteiger partial charge in [0.2, 0.25) is 0 Å². The second-order valence-corrected chi connectivity index (χ2v) is 14.6. The Bertz CT molecular complexity index is 831. The molecule has 10 unspecified atom stereocenters. The van der Waals surface area contributed by atoms with Gasteiger partial charge in [-0.15, -0.1) is 0 Å². The van der Waals surface area contributed by atoms with Crippen LogP contribution in [0.5, 0.6) is 0 Å². The standard InChI is InChI=1S/C31H52O3/c1-20-11-17-31(26(33)34,22(3)21(20)2)19-18-28(6)14-9-10-24-29(7)15-13-25(32)27(4,5)23(29)12-16-30(24,28)8/h9,14,20-25,32H,10-13,15-19H2,1-8H3,(H,33,34). The van der Waals surface area contributed by atoms with E-state index >= 15 is 0 Å². The molecule has 3 fully saturated rings. The van der Waals surface area contributed by atoms with Crippen molar-refractivity contribution in [3.8, 4) is 0 Å². The molecule has 3 saturated carbocycles. The Morgan fingerprint density at radius 3 is 2.24 bits per heavy atom. The van der Waals surface area contributed by atoms with Gasteiger partial charge < -0.3 is 10.2 Å². The predicted octanol–water partition coefficient (Wildman–Crippen LogP) is 7.73. The lowest BCUT2D eigenvalue weighted by Gasteiger charge is -2.68. The number of hydrogen-bond donors (Lipinski definition) is 2. The first-order valence-electron chi connectivity index (χ1n) is 14.2. The van der Waals surface area contributed by atoms with E-state index in [1.807, 2.05) is 0 Å². The van der Waals surface area contributed by atoms with E-state index in [2.05, 4.69) is 67.5 Å². The van der Waals surface area contributed by atoms with Gasteiger partial charge >= 0.3 is 5.97 Å². The van der Waals surface area contributed by atoms with Crippen molar-refractivity contribution < 1.29 is 15.0 Å². The number of carbonyl (C=O) groups is 1. The van der Waals surface area contributed by atoms with E-state index in [0.29, 0.717) is 23.7 Å². The van der Waals surface area contributed by atoms with Gasteiger partial charge in [0.05, 0.1) is 11.5 Å². The van der Waals surface area contributed by atoms with E-state index in [1.165, 1.54) is 12.8 Å². The Morgan fingerprint density at radius 2 is 1.59 bits per heavy atom. The molecule has 0 aromatic rings. The molecule has 0 aromatic carbocycles. The van der Waals surface area contributed by atoms with Gasteiger partial charge in [-0.2, -0.15) is 0 Å². The number of allylic oxidation sites excluding steroid dienone is 2. The van der Waals surface area contributed by atoms with Crippen LogP contribution in [0.15, 0.2) is 12.2 Å². The number of aliphatic hydroxyl groups is 1. The summed E-state index contributed by atoms with van der Waals surface area (Å²) in [5.41, 5.74) is -0.220. The fourth-order valence-electron chi connectivity index (χ4n) is 9.99. The minimum Gasteiger partial charge on any atom is -0.481 e. The molecule has 0 aliphatic heterocycles. The van der Waals surface area contributed by atoms with E-state index in [0.717, 1.165) is 44.9 Å². The highest BCUT2D eigenvalue weighted by Gasteiger charge is 2.64. The molecule has 0 heterocycles. The van der Waals surface area contributed by atoms with Crippen molar-refractivity contribution in [2.75, 3.05) is 0 Å². The van der Waals surface area contributed by atoms with Crippen LogP contribution in [0.2, 0.25) is 0 Å². The van der Waals surface area contributed by atoms with Gasteiger partial charge in [0.1, 0.15) is 0 Å². The number of aliphatic hydroxyl groups excluding tert-OH is 1. The van der Waals surface area contributed by atoms with Gasteiger partial charge in [0.15, 0.2) is 0 Å². The molecule has 4 aliphatic rings. The van der Waals surface area contributed by atoms with Crippen molar-refractivity contribution in [1.29, 1.82) is 0 Å². The van der Waals surface area contributed by atoms with E-state index in [9.17, 15) is 15.0 Å². The first kappa shape index (κ1) is 26.2. The number of carboxylic acid groups (broad SMARTS) is 1. The summed E-state index contributed by atoms with van der Waals surface area (Å²) in [4.78, 5) is 12.8. The molecular weight excluding hydrogens is 420 g/mol.